The van der Waals surface area contributed by atoms with Gasteiger partial charge < -0.3 is 10.2 Å². The number of carbonyl (C=O) groups excluding carboxylic acids is 1. The zero-order valence-corrected chi connectivity index (χ0v) is 12.0. The van der Waals surface area contributed by atoms with Gasteiger partial charge in [-0.3, -0.25) is 4.79 Å². The van der Waals surface area contributed by atoms with E-state index in [4.69, 9.17) is 0 Å². The maximum Gasteiger partial charge on any atom is 0.230 e. The van der Waals surface area contributed by atoms with Gasteiger partial charge in [0.25, 0.3) is 0 Å². The summed E-state index contributed by atoms with van der Waals surface area (Å²) >= 11 is 0. The molecule has 1 N–H and O–H groups in total. The van der Waals surface area contributed by atoms with Crippen molar-refractivity contribution in [2.75, 3.05) is 11.4 Å². The summed E-state index contributed by atoms with van der Waals surface area (Å²) in [5, 5.41) is 3.50. The first kappa shape index (κ1) is 12.4. The molecule has 2 fully saturated rings. The Kier molecular flexibility index (Phi) is 2.84. The van der Waals surface area contributed by atoms with Crippen LogP contribution in [0.4, 0.5) is 5.69 Å². The van der Waals surface area contributed by atoms with Gasteiger partial charge in [0.2, 0.25) is 5.91 Å². The molecular weight excluding hydrogens is 248 g/mol. The van der Waals surface area contributed by atoms with Gasteiger partial charge >= 0.3 is 0 Å². The van der Waals surface area contributed by atoms with Crippen molar-refractivity contribution in [3.05, 3.63) is 29.8 Å². The number of nitrogens with one attached hydrogen (secondary N) is 1. The molecule has 0 spiro atoms. The Bertz CT molecular complexity index is 532. The van der Waals surface area contributed by atoms with E-state index in [0.717, 1.165) is 43.5 Å². The molecule has 0 bridgehead atoms. The smallest absolute Gasteiger partial charge is 0.230 e. The summed E-state index contributed by atoms with van der Waals surface area (Å²) < 4.78 is 0. The lowest BCUT2D eigenvalue weighted by Crippen LogP contribution is -2.42. The maximum atomic E-state index is 12.9. The van der Waals surface area contributed by atoms with Crippen LogP contribution in [0.15, 0.2) is 24.3 Å². The summed E-state index contributed by atoms with van der Waals surface area (Å²) in [5.41, 5.74) is 2.36. The fraction of sp³-hybridized carbons (Fsp3) is 0.588. The summed E-state index contributed by atoms with van der Waals surface area (Å²) in [7, 11) is 0. The lowest BCUT2D eigenvalue weighted by Gasteiger charge is -2.27. The van der Waals surface area contributed by atoms with Gasteiger partial charge in [0.1, 0.15) is 0 Å². The average Bonchev–Trinajstić information content (AvgIpc) is 3.12. The van der Waals surface area contributed by atoms with Gasteiger partial charge in [-0.25, -0.2) is 0 Å². The molecule has 1 heterocycles. The van der Waals surface area contributed by atoms with Crippen LogP contribution in [-0.4, -0.2) is 18.5 Å². The van der Waals surface area contributed by atoms with E-state index in [1.165, 1.54) is 12.0 Å². The molecule has 106 valence electrons. The van der Waals surface area contributed by atoms with Crippen molar-refractivity contribution in [1.29, 1.82) is 0 Å². The molecule has 2 saturated carbocycles. The molecule has 3 atom stereocenters. The van der Waals surface area contributed by atoms with Crippen molar-refractivity contribution in [2.45, 2.75) is 38.8 Å². The van der Waals surface area contributed by atoms with E-state index < -0.39 is 0 Å². The summed E-state index contributed by atoms with van der Waals surface area (Å²) in [6.07, 6.45) is 3.63. The minimum Gasteiger partial charge on any atom is -0.310 e. The molecule has 20 heavy (non-hydrogen) atoms. The van der Waals surface area contributed by atoms with Crippen LogP contribution in [0, 0.1) is 17.8 Å². The van der Waals surface area contributed by atoms with Crippen LogP contribution >= 0.6 is 0 Å². The predicted octanol–water partition coefficient (Wildman–Crippen LogP) is 2.56. The summed E-state index contributed by atoms with van der Waals surface area (Å²) in [6.45, 7) is 3.82. The molecule has 1 aromatic carbocycles. The van der Waals surface area contributed by atoms with E-state index in [2.05, 4.69) is 35.3 Å². The number of nitrogens with zero attached hydrogens (tertiary/aromatic N) is 1. The number of hydrogen-bond donors (Lipinski definition) is 1. The van der Waals surface area contributed by atoms with Crippen molar-refractivity contribution >= 4 is 11.6 Å². The first-order valence-corrected chi connectivity index (χ1v) is 7.85. The van der Waals surface area contributed by atoms with Crippen LogP contribution < -0.4 is 10.2 Å². The Morgan fingerprint density at radius 3 is 2.75 bits per heavy atom. The van der Waals surface area contributed by atoms with Gasteiger partial charge in [-0.05, 0) is 49.7 Å². The Balaban J connectivity index is 1.63. The van der Waals surface area contributed by atoms with Crippen LogP contribution in [0.5, 0.6) is 0 Å². The standard InChI is InChI=1S/C17H22N2O/c1-11-10-19(16-5-3-2-4-12(16)9-18-11)17(20)15-7-13-6-14(13)8-15/h2-5,11,13-15,18H,6-10H2,1H3. The van der Waals surface area contributed by atoms with E-state index in [1.54, 1.807) is 0 Å². The second-order valence-electron chi connectivity index (χ2n) is 6.78. The number of anilines is 1. The third-order valence-corrected chi connectivity index (χ3v) is 5.24. The van der Waals surface area contributed by atoms with Gasteiger partial charge in [-0.15, -0.1) is 0 Å². The van der Waals surface area contributed by atoms with Crippen LogP contribution in [0.2, 0.25) is 0 Å². The second kappa shape index (κ2) is 4.59. The monoisotopic (exact) mass is 270 g/mol. The molecule has 1 amide bonds. The van der Waals surface area contributed by atoms with Crippen LogP contribution in [-0.2, 0) is 11.3 Å². The molecule has 4 rings (SSSR count). The third-order valence-electron chi connectivity index (χ3n) is 5.24. The number of hydrogen-bond acceptors (Lipinski definition) is 2. The molecule has 0 radical (unpaired) electrons. The SMILES string of the molecule is CC1CN(C(=O)C2CC3CC3C2)c2ccccc2CN1. The van der Waals surface area contributed by atoms with E-state index in [-0.39, 0.29) is 5.92 Å². The van der Waals surface area contributed by atoms with Crippen molar-refractivity contribution < 1.29 is 4.79 Å². The first-order chi connectivity index (χ1) is 9.72. The zero-order valence-electron chi connectivity index (χ0n) is 12.0. The van der Waals surface area contributed by atoms with Crippen molar-refractivity contribution in [1.82, 2.24) is 5.32 Å². The van der Waals surface area contributed by atoms with E-state index in [1.807, 2.05) is 6.07 Å². The van der Waals surface area contributed by atoms with Crippen LogP contribution in [0.1, 0.15) is 31.7 Å². The highest BCUT2D eigenvalue weighted by Gasteiger charge is 2.49. The Labute approximate surface area is 120 Å². The number of benzene rings is 1. The molecule has 1 aromatic rings. The topological polar surface area (TPSA) is 32.3 Å². The number of amides is 1. The fourth-order valence-corrected chi connectivity index (χ4v) is 3.99. The van der Waals surface area contributed by atoms with Gasteiger partial charge in [0.15, 0.2) is 0 Å². The predicted molar refractivity (Wildman–Crippen MR) is 79.4 cm³/mol. The lowest BCUT2D eigenvalue weighted by atomic mass is 10.0. The number of rotatable bonds is 1. The summed E-state index contributed by atoms with van der Waals surface area (Å²) in [5.74, 6) is 2.36. The van der Waals surface area contributed by atoms with Crippen molar-refractivity contribution in [3.63, 3.8) is 0 Å². The number of para-hydroxylation sites is 1. The molecule has 3 heteroatoms. The highest BCUT2D eigenvalue weighted by molar-refractivity contribution is 5.96. The minimum atomic E-state index is 0.275. The number of carbonyl (C=O) groups is 1. The highest BCUT2D eigenvalue weighted by Crippen LogP contribution is 2.54. The van der Waals surface area contributed by atoms with Gasteiger partial charge in [0.05, 0.1) is 0 Å². The summed E-state index contributed by atoms with van der Waals surface area (Å²) in [4.78, 5) is 15.0. The molecular formula is C17H22N2O. The Morgan fingerprint density at radius 1 is 1.20 bits per heavy atom. The van der Waals surface area contributed by atoms with E-state index in [0.29, 0.717) is 11.9 Å². The second-order valence-corrected chi connectivity index (χ2v) is 6.78. The zero-order chi connectivity index (χ0) is 13.7. The van der Waals surface area contributed by atoms with Gasteiger partial charge in [0, 0.05) is 30.7 Å². The Hall–Kier alpha value is -1.35. The molecule has 3 aliphatic rings. The Morgan fingerprint density at radius 2 is 1.95 bits per heavy atom. The van der Waals surface area contributed by atoms with Crippen molar-refractivity contribution in [2.24, 2.45) is 17.8 Å². The average molecular weight is 270 g/mol. The lowest BCUT2D eigenvalue weighted by molar-refractivity contribution is -0.122. The van der Waals surface area contributed by atoms with Gasteiger partial charge in [-0.1, -0.05) is 18.2 Å². The normalized spacial score (nSPS) is 35.1. The molecule has 2 aliphatic carbocycles. The first-order valence-electron chi connectivity index (χ1n) is 7.85. The van der Waals surface area contributed by atoms with Crippen LogP contribution in [0.25, 0.3) is 0 Å². The molecule has 1 aliphatic heterocycles. The van der Waals surface area contributed by atoms with E-state index >= 15 is 0 Å². The quantitative estimate of drug-likeness (QED) is 0.850. The molecule has 3 nitrogen and oxygen atoms in total. The molecule has 3 unspecified atom stereocenters. The van der Waals surface area contributed by atoms with E-state index in [9.17, 15) is 4.79 Å². The minimum absolute atomic E-state index is 0.275. The highest BCUT2D eigenvalue weighted by atomic mass is 16.2. The van der Waals surface area contributed by atoms with Gasteiger partial charge in [-0.2, -0.15) is 0 Å². The fourth-order valence-electron chi connectivity index (χ4n) is 3.99. The molecule has 0 aromatic heterocycles. The number of fused-ring (bicyclic) bond motifs is 2. The van der Waals surface area contributed by atoms with Crippen LogP contribution in [0.3, 0.4) is 0 Å². The largest absolute Gasteiger partial charge is 0.310 e. The summed E-state index contributed by atoms with van der Waals surface area (Å²) in [6, 6.07) is 8.68. The molecule has 0 saturated heterocycles. The maximum absolute atomic E-state index is 12.9. The third kappa shape index (κ3) is 2.05. The van der Waals surface area contributed by atoms with Crippen molar-refractivity contribution in [3.8, 4) is 0 Å².